The number of hydroxylamine groups is 2. The summed E-state index contributed by atoms with van der Waals surface area (Å²) in [6.45, 7) is 0.0778. The Hall–Kier alpha value is -1.76. The highest BCUT2D eigenvalue weighted by Gasteiger charge is 2.02. The van der Waals surface area contributed by atoms with E-state index in [4.69, 9.17) is 10.9 Å². The number of hydrogen-bond acceptors (Lipinski definition) is 4. The maximum atomic E-state index is 10.6. The third-order valence-corrected chi connectivity index (χ3v) is 4.57. The smallest absolute Gasteiger partial charge is 0.338 e. The van der Waals surface area contributed by atoms with Crippen LogP contribution in [0.4, 0.5) is 4.79 Å². The Kier molecular flexibility index (Phi) is 5.23. The molecule has 2 rings (SSSR count). The van der Waals surface area contributed by atoms with Crippen LogP contribution in [0.15, 0.2) is 57.6 Å². The minimum atomic E-state index is -0.860. The predicted octanol–water partition coefficient (Wildman–Crippen LogP) is 3.68. The predicted molar refractivity (Wildman–Crippen MR) is 82.0 cm³/mol. The first kappa shape index (κ1) is 14.6. The van der Waals surface area contributed by atoms with Gasteiger partial charge < -0.3 is 5.73 Å². The molecule has 1 heterocycles. The Bertz CT molecular complexity index is 596. The van der Waals surface area contributed by atoms with Gasteiger partial charge in [-0.05, 0) is 30.3 Å². The van der Waals surface area contributed by atoms with E-state index in [0.29, 0.717) is 5.06 Å². The molecular weight excluding hydrogens is 292 g/mol. The van der Waals surface area contributed by atoms with Gasteiger partial charge in [0, 0.05) is 9.77 Å². The normalized spacial score (nSPS) is 10.8. The van der Waals surface area contributed by atoms with E-state index < -0.39 is 6.03 Å². The van der Waals surface area contributed by atoms with Crippen LogP contribution in [0.1, 0.15) is 4.88 Å². The SMILES string of the molecule is NC(=O)N(O)CC=Cc1ccc(Sc2ccccc2)s1. The third kappa shape index (κ3) is 4.41. The van der Waals surface area contributed by atoms with Gasteiger partial charge in [0.25, 0.3) is 0 Å². The molecule has 6 heteroatoms. The quantitative estimate of drug-likeness (QED) is 0.654. The van der Waals surface area contributed by atoms with Crippen LogP contribution in [-0.2, 0) is 0 Å². The maximum absolute atomic E-state index is 10.6. The summed E-state index contributed by atoms with van der Waals surface area (Å²) in [7, 11) is 0. The Balaban J connectivity index is 1.92. The lowest BCUT2D eigenvalue weighted by Crippen LogP contribution is -2.32. The molecule has 0 aliphatic rings. The van der Waals surface area contributed by atoms with Crippen molar-refractivity contribution in [3.8, 4) is 0 Å². The van der Waals surface area contributed by atoms with Crippen molar-refractivity contribution >= 4 is 35.2 Å². The first-order valence-corrected chi connectivity index (χ1v) is 7.53. The van der Waals surface area contributed by atoms with E-state index >= 15 is 0 Å². The molecule has 0 atom stereocenters. The van der Waals surface area contributed by atoms with Gasteiger partial charge in [0.2, 0.25) is 0 Å². The number of hydrogen-bond donors (Lipinski definition) is 2. The summed E-state index contributed by atoms with van der Waals surface area (Å²) >= 11 is 3.35. The fourth-order valence-electron chi connectivity index (χ4n) is 1.44. The van der Waals surface area contributed by atoms with Crippen molar-refractivity contribution in [3.05, 3.63) is 53.4 Å². The maximum Gasteiger partial charge on any atom is 0.338 e. The standard InChI is InChI=1S/C14H14N2O2S2/c15-14(17)16(18)10-4-7-12-8-9-13(20-12)19-11-5-2-1-3-6-11/h1-9,18H,10H2,(H2,15,17). The van der Waals surface area contributed by atoms with Crippen LogP contribution in [0.3, 0.4) is 0 Å². The molecule has 4 nitrogen and oxygen atoms in total. The zero-order valence-electron chi connectivity index (χ0n) is 10.6. The van der Waals surface area contributed by atoms with Gasteiger partial charge in [0.15, 0.2) is 0 Å². The number of urea groups is 1. The number of thiophene rings is 1. The molecule has 1 aromatic heterocycles. The number of rotatable bonds is 5. The Morgan fingerprint density at radius 1 is 1.30 bits per heavy atom. The highest BCUT2D eigenvalue weighted by atomic mass is 32.2. The third-order valence-electron chi connectivity index (χ3n) is 2.38. The molecule has 1 aromatic carbocycles. The van der Waals surface area contributed by atoms with E-state index in [1.807, 2.05) is 36.4 Å². The van der Waals surface area contributed by atoms with E-state index in [-0.39, 0.29) is 6.54 Å². The number of benzene rings is 1. The Morgan fingerprint density at radius 2 is 2.05 bits per heavy atom. The molecule has 20 heavy (non-hydrogen) atoms. The van der Waals surface area contributed by atoms with Crippen LogP contribution >= 0.6 is 23.1 Å². The summed E-state index contributed by atoms with van der Waals surface area (Å²) in [5, 5.41) is 9.57. The molecule has 3 N–H and O–H groups in total. The molecule has 104 valence electrons. The van der Waals surface area contributed by atoms with E-state index in [2.05, 4.69) is 12.1 Å². The molecule has 0 bridgehead atoms. The van der Waals surface area contributed by atoms with Crippen molar-refractivity contribution < 1.29 is 10.0 Å². The summed E-state index contributed by atoms with van der Waals surface area (Å²) in [5.74, 6) is 0. The van der Waals surface area contributed by atoms with Crippen LogP contribution in [0, 0.1) is 0 Å². The minimum Gasteiger partial charge on any atom is -0.350 e. The van der Waals surface area contributed by atoms with Crippen LogP contribution in [0.5, 0.6) is 0 Å². The topological polar surface area (TPSA) is 66.6 Å². The average molecular weight is 306 g/mol. The van der Waals surface area contributed by atoms with Crippen molar-refractivity contribution in [2.45, 2.75) is 9.10 Å². The van der Waals surface area contributed by atoms with Gasteiger partial charge >= 0.3 is 6.03 Å². The van der Waals surface area contributed by atoms with Gasteiger partial charge in [-0.15, -0.1) is 11.3 Å². The summed E-state index contributed by atoms with van der Waals surface area (Å²) in [6, 6.07) is 13.3. The number of carbonyl (C=O) groups is 1. The number of primary amides is 1. The molecular formula is C14H14N2O2S2. The molecule has 0 aliphatic carbocycles. The van der Waals surface area contributed by atoms with Gasteiger partial charge in [-0.3, -0.25) is 5.21 Å². The lowest BCUT2D eigenvalue weighted by Gasteiger charge is -2.07. The number of amides is 2. The van der Waals surface area contributed by atoms with Crippen molar-refractivity contribution in [1.82, 2.24) is 5.06 Å². The van der Waals surface area contributed by atoms with E-state index in [0.717, 1.165) is 4.88 Å². The molecule has 2 amide bonds. The Morgan fingerprint density at radius 3 is 2.75 bits per heavy atom. The molecule has 0 saturated carbocycles. The van der Waals surface area contributed by atoms with Gasteiger partial charge in [0.05, 0.1) is 10.8 Å². The molecule has 0 saturated heterocycles. The highest BCUT2D eigenvalue weighted by Crippen LogP contribution is 2.33. The summed E-state index contributed by atoms with van der Waals surface area (Å²) < 4.78 is 1.19. The monoisotopic (exact) mass is 306 g/mol. The average Bonchev–Trinajstić information content (AvgIpc) is 2.87. The first-order valence-electron chi connectivity index (χ1n) is 5.90. The second-order valence-electron chi connectivity index (χ2n) is 3.89. The Labute approximate surface area is 125 Å². The van der Waals surface area contributed by atoms with Crippen LogP contribution in [0.2, 0.25) is 0 Å². The largest absolute Gasteiger partial charge is 0.350 e. The van der Waals surface area contributed by atoms with Crippen molar-refractivity contribution in [2.24, 2.45) is 5.73 Å². The first-order chi connectivity index (χ1) is 9.65. The zero-order chi connectivity index (χ0) is 14.4. The van der Waals surface area contributed by atoms with E-state index in [1.165, 1.54) is 9.10 Å². The number of nitrogens with zero attached hydrogens (tertiary/aromatic N) is 1. The van der Waals surface area contributed by atoms with Crippen LogP contribution in [-0.4, -0.2) is 22.8 Å². The van der Waals surface area contributed by atoms with Crippen LogP contribution < -0.4 is 5.73 Å². The lowest BCUT2D eigenvalue weighted by molar-refractivity contribution is -0.0286. The van der Waals surface area contributed by atoms with Gasteiger partial charge in [-0.1, -0.05) is 36.0 Å². The summed E-state index contributed by atoms with van der Waals surface area (Å²) in [6.07, 6.45) is 3.54. The van der Waals surface area contributed by atoms with Gasteiger partial charge in [-0.2, -0.15) is 0 Å². The van der Waals surface area contributed by atoms with E-state index in [9.17, 15) is 4.79 Å². The molecule has 0 fully saturated rings. The highest BCUT2D eigenvalue weighted by molar-refractivity contribution is 8.01. The van der Waals surface area contributed by atoms with Gasteiger partial charge in [0.1, 0.15) is 0 Å². The van der Waals surface area contributed by atoms with Crippen molar-refractivity contribution in [1.29, 1.82) is 0 Å². The molecule has 2 aromatic rings. The number of nitrogens with two attached hydrogens (primary N) is 1. The summed E-state index contributed by atoms with van der Waals surface area (Å²) in [5.41, 5.74) is 4.91. The van der Waals surface area contributed by atoms with E-state index in [1.54, 1.807) is 29.2 Å². The minimum absolute atomic E-state index is 0.0778. The molecule has 0 radical (unpaired) electrons. The fraction of sp³-hybridized carbons (Fsp3) is 0.0714. The van der Waals surface area contributed by atoms with Crippen molar-refractivity contribution in [3.63, 3.8) is 0 Å². The van der Waals surface area contributed by atoms with Crippen molar-refractivity contribution in [2.75, 3.05) is 6.54 Å². The second kappa shape index (κ2) is 7.14. The summed E-state index contributed by atoms with van der Waals surface area (Å²) in [4.78, 5) is 12.9. The fourth-order valence-corrected chi connectivity index (χ4v) is 3.52. The molecule has 0 unspecified atom stereocenters. The molecule has 0 spiro atoms. The lowest BCUT2D eigenvalue weighted by atomic mass is 10.4. The van der Waals surface area contributed by atoms with Crippen LogP contribution in [0.25, 0.3) is 6.08 Å². The second-order valence-corrected chi connectivity index (χ2v) is 6.38. The van der Waals surface area contributed by atoms with Gasteiger partial charge in [-0.25, -0.2) is 9.86 Å². The molecule has 0 aliphatic heterocycles. The zero-order valence-corrected chi connectivity index (χ0v) is 12.2. The number of carbonyl (C=O) groups excluding carboxylic acids is 1.